The van der Waals surface area contributed by atoms with Crippen LogP contribution in [0.4, 0.5) is 5.69 Å². The second-order valence-electron chi connectivity index (χ2n) is 11.3. The van der Waals surface area contributed by atoms with Gasteiger partial charge in [-0.3, -0.25) is 4.79 Å². The summed E-state index contributed by atoms with van der Waals surface area (Å²) in [7, 11) is -3.72. The maximum absolute atomic E-state index is 13.4. The second-order valence-corrected chi connectivity index (χ2v) is 13.1. The summed E-state index contributed by atoms with van der Waals surface area (Å²) in [5.41, 5.74) is 3.31. The normalized spacial score (nSPS) is 13.2. The number of rotatable bonds is 11. The van der Waals surface area contributed by atoms with Crippen LogP contribution in [0.1, 0.15) is 84.7 Å². The number of carbonyl (C=O) groups excluding carboxylic acids is 1. The first-order valence-corrected chi connectivity index (χ1v) is 15.2. The van der Waals surface area contributed by atoms with Crippen LogP contribution in [-0.2, 0) is 32.1 Å². The highest BCUT2D eigenvalue weighted by atomic mass is 32.2. The Morgan fingerprint density at radius 3 is 2.31 bits per heavy atom. The highest BCUT2D eigenvalue weighted by Gasteiger charge is 2.29. The van der Waals surface area contributed by atoms with Gasteiger partial charge in [-0.15, -0.1) is 0 Å². The fourth-order valence-corrected chi connectivity index (χ4v) is 5.40. The van der Waals surface area contributed by atoms with E-state index in [1.807, 2.05) is 19.1 Å². The average Bonchev–Trinajstić information content (AvgIpc) is 3.25. The van der Waals surface area contributed by atoms with Crippen molar-refractivity contribution in [3.63, 3.8) is 0 Å². The van der Waals surface area contributed by atoms with Gasteiger partial charge in [-0.05, 0) is 59.9 Å². The summed E-state index contributed by atoms with van der Waals surface area (Å²) in [6.45, 7) is 15.0. The Kier molecular flexibility index (Phi) is 8.81. The predicted octanol–water partition coefficient (Wildman–Crippen LogP) is 6.08. The lowest BCUT2D eigenvalue weighted by Gasteiger charge is -2.31. The maximum atomic E-state index is 13.4. The van der Waals surface area contributed by atoms with Crippen molar-refractivity contribution >= 4 is 32.7 Å². The third-order valence-electron chi connectivity index (χ3n) is 7.70. The summed E-state index contributed by atoms with van der Waals surface area (Å²) < 4.78 is 32.3. The van der Waals surface area contributed by atoms with Crippen LogP contribution in [-0.4, -0.2) is 35.6 Å². The smallest absolute Gasteiger partial charge is 0.265 e. The van der Waals surface area contributed by atoms with Gasteiger partial charge in [-0.2, -0.15) is 5.26 Å². The lowest BCUT2D eigenvalue weighted by molar-refractivity contribution is -0.122. The van der Waals surface area contributed by atoms with Crippen LogP contribution >= 0.6 is 0 Å². The van der Waals surface area contributed by atoms with E-state index in [1.54, 1.807) is 18.2 Å². The van der Waals surface area contributed by atoms with Crippen LogP contribution in [0.2, 0.25) is 0 Å². The Labute approximate surface area is 232 Å². The zero-order valence-electron chi connectivity index (χ0n) is 24.3. The van der Waals surface area contributed by atoms with Crippen molar-refractivity contribution in [2.24, 2.45) is 0 Å². The Bertz CT molecular complexity index is 1510. The molecule has 9 heteroatoms. The number of imidazole rings is 1. The van der Waals surface area contributed by atoms with Gasteiger partial charge >= 0.3 is 0 Å². The van der Waals surface area contributed by atoms with E-state index in [1.165, 1.54) is 5.56 Å². The maximum Gasteiger partial charge on any atom is 0.265 e. The number of nitrogens with zero attached hydrogens (tertiary/aromatic N) is 3. The topological polar surface area (TPSA) is 114 Å². The molecule has 1 N–H and O–H groups in total. The van der Waals surface area contributed by atoms with Gasteiger partial charge in [0.2, 0.25) is 10.0 Å². The monoisotopic (exact) mass is 552 g/mol. The molecular weight excluding hydrogens is 512 g/mol. The van der Waals surface area contributed by atoms with Gasteiger partial charge in [-0.25, -0.2) is 17.4 Å². The Balaban J connectivity index is 1.95. The third kappa shape index (κ3) is 6.44. The third-order valence-corrected chi connectivity index (χ3v) is 8.78. The fourth-order valence-electron chi connectivity index (χ4n) is 4.41. The molecule has 1 aromatic heterocycles. The lowest BCUT2D eigenvalue weighted by atomic mass is 9.76. The standard InChI is InChI=1S/C30H40N4O4S/c1-9-25(38-26-15-12-20(29(4,5)10-2)18-22(26)30(6,7)11-3)28(35)32-21-13-14-23-24(19-21)34(39(8,36)37)27(33-23)16-17-31/h12-15,18-19,25H,9-11,16H2,1-8H3,(H,32,35). The van der Waals surface area contributed by atoms with Gasteiger partial charge in [0.25, 0.3) is 5.91 Å². The summed E-state index contributed by atoms with van der Waals surface area (Å²) in [5.74, 6) is 0.484. The molecule has 1 unspecified atom stereocenters. The van der Waals surface area contributed by atoms with Crippen molar-refractivity contribution in [1.82, 2.24) is 8.96 Å². The molecule has 1 atom stereocenters. The number of fused-ring (bicyclic) bond motifs is 1. The molecule has 0 saturated carbocycles. The van der Waals surface area contributed by atoms with Crippen molar-refractivity contribution in [3.8, 4) is 11.8 Å². The summed E-state index contributed by atoms with van der Waals surface area (Å²) in [6, 6.07) is 13.1. The van der Waals surface area contributed by atoms with Crippen LogP contribution in [0.3, 0.4) is 0 Å². The summed E-state index contributed by atoms with van der Waals surface area (Å²) in [6.07, 6.45) is 2.49. The zero-order chi connectivity index (χ0) is 29.2. The number of aromatic nitrogens is 2. The molecular formula is C30H40N4O4S. The van der Waals surface area contributed by atoms with Crippen LogP contribution in [0.5, 0.6) is 5.75 Å². The van der Waals surface area contributed by atoms with E-state index in [9.17, 15) is 13.2 Å². The minimum absolute atomic E-state index is 0.0167. The van der Waals surface area contributed by atoms with E-state index in [-0.39, 0.29) is 29.0 Å². The largest absolute Gasteiger partial charge is 0.480 e. The van der Waals surface area contributed by atoms with E-state index >= 15 is 0 Å². The van der Waals surface area contributed by atoms with E-state index in [2.05, 4.69) is 64.0 Å². The van der Waals surface area contributed by atoms with Crippen molar-refractivity contribution < 1.29 is 17.9 Å². The van der Waals surface area contributed by atoms with Crippen molar-refractivity contribution in [3.05, 3.63) is 53.3 Å². The van der Waals surface area contributed by atoms with Gasteiger partial charge in [0, 0.05) is 11.3 Å². The number of hydrogen-bond donors (Lipinski definition) is 1. The molecule has 2 aromatic carbocycles. The molecule has 3 aromatic rings. The van der Waals surface area contributed by atoms with Crippen LogP contribution in [0, 0.1) is 11.3 Å². The first-order chi connectivity index (χ1) is 18.2. The molecule has 1 amide bonds. The molecule has 0 bridgehead atoms. The van der Waals surface area contributed by atoms with E-state index in [0.717, 1.165) is 28.6 Å². The van der Waals surface area contributed by atoms with Crippen LogP contribution in [0.25, 0.3) is 11.0 Å². The summed E-state index contributed by atoms with van der Waals surface area (Å²) >= 11 is 0. The van der Waals surface area contributed by atoms with Gasteiger partial charge in [0.15, 0.2) is 6.10 Å². The summed E-state index contributed by atoms with van der Waals surface area (Å²) in [5, 5.41) is 12.0. The molecule has 3 rings (SSSR count). The molecule has 39 heavy (non-hydrogen) atoms. The van der Waals surface area contributed by atoms with Crippen molar-refractivity contribution in [2.75, 3.05) is 11.6 Å². The number of benzene rings is 2. The molecule has 210 valence electrons. The van der Waals surface area contributed by atoms with E-state index in [4.69, 9.17) is 10.00 Å². The van der Waals surface area contributed by atoms with E-state index < -0.39 is 16.1 Å². The highest BCUT2D eigenvalue weighted by molar-refractivity contribution is 7.89. The fraction of sp³-hybridized carbons (Fsp3) is 0.500. The van der Waals surface area contributed by atoms with Crippen LogP contribution in [0.15, 0.2) is 36.4 Å². The second kappa shape index (κ2) is 11.4. The molecule has 0 aliphatic rings. The van der Waals surface area contributed by atoms with Crippen molar-refractivity contribution in [2.45, 2.75) is 91.1 Å². The minimum atomic E-state index is -3.72. The first kappa shape index (κ1) is 30.2. The number of ether oxygens (including phenoxy) is 1. The van der Waals surface area contributed by atoms with Gasteiger partial charge in [0.05, 0.1) is 29.8 Å². The molecule has 1 heterocycles. The highest BCUT2D eigenvalue weighted by Crippen LogP contribution is 2.39. The molecule has 0 radical (unpaired) electrons. The number of hydrogen-bond acceptors (Lipinski definition) is 6. The molecule has 0 spiro atoms. The number of carbonyl (C=O) groups is 1. The minimum Gasteiger partial charge on any atom is -0.480 e. The molecule has 0 aliphatic carbocycles. The Morgan fingerprint density at radius 1 is 1.08 bits per heavy atom. The van der Waals surface area contributed by atoms with Crippen molar-refractivity contribution in [1.29, 1.82) is 5.26 Å². The zero-order valence-corrected chi connectivity index (χ0v) is 25.1. The summed E-state index contributed by atoms with van der Waals surface area (Å²) in [4.78, 5) is 17.6. The van der Waals surface area contributed by atoms with Gasteiger partial charge in [0.1, 0.15) is 11.6 Å². The molecule has 0 aliphatic heterocycles. The van der Waals surface area contributed by atoms with Gasteiger partial charge in [-0.1, -0.05) is 60.6 Å². The number of nitriles is 1. The SMILES string of the molecule is CCC(Oc1ccc(C(C)(C)CC)cc1C(C)(C)CC)C(=O)Nc1ccc2nc(CC#N)n(S(C)(=O)=O)c2c1. The first-order valence-electron chi connectivity index (χ1n) is 13.4. The van der Waals surface area contributed by atoms with Crippen LogP contribution < -0.4 is 10.1 Å². The molecule has 0 saturated heterocycles. The number of anilines is 1. The average molecular weight is 553 g/mol. The lowest BCUT2D eigenvalue weighted by Crippen LogP contribution is -2.33. The van der Waals surface area contributed by atoms with E-state index in [0.29, 0.717) is 28.9 Å². The Hall–Kier alpha value is -3.38. The molecule has 8 nitrogen and oxygen atoms in total. The number of nitrogens with one attached hydrogen (secondary N) is 1. The quantitative estimate of drug-likeness (QED) is 0.308. The predicted molar refractivity (Wildman–Crippen MR) is 156 cm³/mol. The molecule has 0 fully saturated rings. The Morgan fingerprint density at radius 2 is 1.74 bits per heavy atom. The van der Waals surface area contributed by atoms with Gasteiger partial charge < -0.3 is 10.1 Å². The number of amides is 1.